The van der Waals surface area contributed by atoms with Gasteiger partial charge in [-0.25, -0.2) is 0 Å². The predicted molar refractivity (Wildman–Crippen MR) is 419 cm³/mol. The molecule has 4 aliphatic rings. The van der Waals surface area contributed by atoms with E-state index in [1.54, 1.807) is 0 Å². The zero-order valence-corrected chi connectivity index (χ0v) is 58.2. The number of hydrogen-bond donors (Lipinski definition) is 0. The zero-order chi connectivity index (χ0) is 66.1. The van der Waals surface area contributed by atoms with E-state index in [1.807, 2.05) is 23.5 Å². The van der Waals surface area contributed by atoms with Crippen LogP contribution in [0.3, 0.4) is 0 Å². The molecule has 3 nitrogen and oxygen atoms in total. The Morgan fingerprint density at radius 3 is 1.09 bits per heavy atom. The van der Waals surface area contributed by atoms with Gasteiger partial charge in [-0.2, -0.15) is 0 Å². The van der Waals surface area contributed by atoms with Gasteiger partial charge >= 0.3 is 0 Å². The maximum Gasteiger partial charge on any atom is 0.252 e. The van der Waals surface area contributed by atoms with Gasteiger partial charge in [0.15, 0.2) is 0 Å². The number of para-hydroxylation sites is 2. The summed E-state index contributed by atoms with van der Waals surface area (Å²) < 4.78 is 0. The summed E-state index contributed by atoms with van der Waals surface area (Å²) >= 11 is 3.93. The van der Waals surface area contributed by atoms with E-state index >= 15 is 0 Å². The minimum atomic E-state index is -0.306. The Kier molecular flexibility index (Phi) is 14.7. The van der Waals surface area contributed by atoms with Crippen LogP contribution in [0, 0.1) is 0 Å². The number of anilines is 9. The molecule has 7 heteroatoms. The van der Waals surface area contributed by atoms with Gasteiger partial charge in [0.05, 0.1) is 17.1 Å². The van der Waals surface area contributed by atoms with Crippen molar-refractivity contribution < 1.29 is 0 Å². The SMILES string of the molecule is CC(C)(C)c1cc(-c2ccccc2)c(N2c3ccc(N(c4ccccc4)c4ccccc4)cc3B3c4cc5c6c(c4N(c4c(-c7ccccc7)cc(C(C)(C)C)cc4-c4ccccc4)c4cc(C(C)(C)C)cc2c43)Sc2ccccc2B6c2ccccc2S5)c(-c2ccccc2)c1. The zero-order valence-electron chi connectivity index (χ0n) is 56.5. The van der Waals surface area contributed by atoms with Crippen LogP contribution < -0.4 is 47.5 Å². The molecule has 0 saturated carbocycles. The van der Waals surface area contributed by atoms with Crippen LogP contribution in [0.25, 0.3) is 44.5 Å². The quantitative estimate of drug-likeness (QED) is 0.133. The molecule has 0 amide bonds. The molecule has 0 N–H and O–H groups in total. The van der Waals surface area contributed by atoms with Gasteiger partial charge in [0.25, 0.3) is 6.71 Å². The first-order chi connectivity index (χ1) is 47.0. The van der Waals surface area contributed by atoms with Crippen molar-refractivity contribution in [3.63, 3.8) is 0 Å². The first-order valence-electron chi connectivity index (χ1n) is 34.2. The van der Waals surface area contributed by atoms with Gasteiger partial charge in [0, 0.05) is 76.0 Å². The molecule has 0 atom stereocenters. The van der Waals surface area contributed by atoms with Crippen molar-refractivity contribution in [2.24, 2.45) is 0 Å². The van der Waals surface area contributed by atoms with Gasteiger partial charge in [0.1, 0.15) is 0 Å². The van der Waals surface area contributed by atoms with Gasteiger partial charge in [-0.15, -0.1) is 0 Å². The molecule has 0 unspecified atom stereocenters. The molecule has 0 bridgehead atoms. The van der Waals surface area contributed by atoms with Crippen LogP contribution >= 0.6 is 23.5 Å². The lowest BCUT2D eigenvalue weighted by molar-refractivity contribution is 0.590. The molecule has 468 valence electrons. The van der Waals surface area contributed by atoms with Gasteiger partial charge < -0.3 is 14.7 Å². The van der Waals surface area contributed by atoms with Crippen molar-refractivity contribution >= 4 is 121 Å². The highest BCUT2D eigenvalue weighted by atomic mass is 32.2. The second-order valence-electron chi connectivity index (χ2n) is 29.6. The molecule has 4 heterocycles. The third-order valence-corrected chi connectivity index (χ3v) is 22.7. The first kappa shape index (κ1) is 60.7. The number of benzene rings is 13. The van der Waals surface area contributed by atoms with E-state index < -0.39 is 0 Å². The Labute approximate surface area is 582 Å². The molecule has 13 aromatic rings. The normalized spacial score (nSPS) is 13.5. The lowest BCUT2D eigenvalue weighted by atomic mass is 9.32. The molecule has 13 aromatic carbocycles. The fraction of sp³-hybridized carbons (Fsp3) is 0.133. The van der Waals surface area contributed by atoms with Crippen molar-refractivity contribution in [2.45, 2.75) is 98.1 Å². The third-order valence-electron chi connectivity index (χ3n) is 20.4. The summed E-state index contributed by atoms with van der Waals surface area (Å²) in [6, 6.07) is 111. The minimum absolute atomic E-state index is 0.0188. The molecule has 0 spiro atoms. The topological polar surface area (TPSA) is 9.72 Å². The van der Waals surface area contributed by atoms with E-state index in [0.29, 0.717) is 0 Å². The number of nitrogens with zero attached hydrogens (tertiary/aromatic N) is 3. The lowest BCUT2D eigenvalue weighted by Crippen LogP contribution is -2.64. The standard InChI is InChI=1S/C90H75B2N3S2/c1-88(2,3)62-50-68(58-32-16-10-17-33-58)84(69(51-62)59-34-18-11-19-35-59)94-76-49-48-67(93(65-40-24-14-25-41-65)66-42-26-15-27-43-66)56-74(76)92-75-57-81-83-87(97-80-47-31-29-45-73(80)91(83)72-44-28-30-46-79(72)96-81)86(75)95(78-55-64(90(7,8)9)54-77(94)82(78)92)85-70(60-36-20-12-21-37-60)52-63(89(4,5)6)53-71(85)61-38-22-13-23-39-61/h10-57H,1-9H3. The lowest BCUT2D eigenvalue weighted by Gasteiger charge is -2.48. The van der Waals surface area contributed by atoms with Crippen molar-refractivity contribution in [1.82, 2.24) is 0 Å². The van der Waals surface area contributed by atoms with Gasteiger partial charge in [-0.05, 0) is 168 Å². The molecule has 0 saturated heterocycles. The average molecular weight is 1280 g/mol. The average Bonchev–Trinajstić information content (AvgIpc) is 0.675. The van der Waals surface area contributed by atoms with Crippen LogP contribution in [0.5, 0.6) is 0 Å². The number of rotatable bonds is 9. The highest BCUT2D eigenvalue weighted by Gasteiger charge is 2.50. The third kappa shape index (κ3) is 10.3. The van der Waals surface area contributed by atoms with Crippen LogP contribution in [0.4, 0.5) is 51.2 Å². The van der Waals surface area contributed by atoms with E-state index in [0.717, 1.165) is 28.4 Å². The van der Waals surface area contributed by atoms with E-state index in [9.17, 15) is 0 Å². The van der Waals surface area contributed by atoms with Crippen molar-refractivity contribution in [3.8, 4) is 44.5 Å². The largest absolute Gasteiger partial charge is 0.311 e. The van der Waals surface area contributed by atoms with E-state index in [1.165, 1.54) is 136 Å². The molecule has 0 aliphatic carbocycles. The molecule has 4 aliphatic heterocycles. The van der Waals surface area contributed by atoms with Gasteiger partial charge in [0.2, 0.25) is 6.71 Å². The van der Waals surface area contributed by atoms with E-state index in [4.69, 9.17) is 0 Å². The molecule has 97 heavy (non-hydrogen) atoms. The molecule has 0 radical (unpaired) electrons. The summed E-state index contributed by atoms with van der Waals surface area (Å²) in [5.41, 5.74) is 30.9. The van der Waals surface area contributed by atoms with Gasteiger partial charge in [-0.1, -0.05) is 297 Å². The molecule has 0 fully saturated rings. The summed E-state index contributed by atoms with van der Waals surface area (Å²) in [7, 11) is 0. The Hall–Kier alpha value is -9.91. The highest BCUT2D eigenvalue weighted by Crippen LogP contribution is 2.57. The summed E-state index contributed by atoms with van der Waals surface area (Å²) in [6.07, 6.45) is 0. The second kappa shape index (κ2) is 23.4. The minimum Gasteiger partial charge on any atom is -0.311 e. The summed E-state index contributed by atoms with van der Waals surface area (Å²) in [5, 5.41) is 0. The maximum atomic E-state index is 2.82. The van der Waals surface area contributed by atoms with Crippen molar-refractivity contribution in [1.29, 1.82) is 0 Å². The maximum absolute atomic E-state index is 2.82. The Bertz CT molecular complexity index is 5060. The summed E-state index contributed by atoms with van der Waals surface area (Å²) in [4.78, 5) is 13.2. The van der Waals surface area contributed by atoms with E-state index in [-0.39, 0.29) is 29.7 Å². The molecular weight excluding hydrogens is 1210 g/mol. The Morgan fingerprint density at radius 1 is 0.278 bits per heavy atom. The van der Waals surface area contributed by atoms with Gasteiger partial charge in [-0.3, -0.25) is 0 Å². The van der Waals surface area contributed by atoms with Crippen LogP contribution in [0.15, 0.2) is 311 Å². The van der Waals surface area contributed by atoms with E-state index in [2.05, 4.69) is 368 Å². The van der Waals surface area contributed by atoms with Crippen LogP contribution in [-0.4, -0.2) is 13.4 Å². The monoisotopic (exact) mass is 1280 g/mol. The second-order valence-corrected chi connectivity index (χ2v) is 31.7. The molecular formula is C90H75B2N3S2. The fourth-order valence-electron chi connectivity index (χ4n) is 15.5. The molecule has 17 rings (SSSR count). The number of fused-ring (bicyclic) bond motifs is 9. The van der Waals surface area contributed by atoms with Crippen LogP contribution in [0.1, 0.15) is 79.0 Å². The van der Waals surface area contributed by atoms with Crippen molar-refractivity contribution in [2.75, 3.05) is 14.7 Å². The number of hydrogen-bond acceptors (Lipinski definition) is 5. The fourth-order valence-corrected chi connectivity index (χ4v) is 18.1. The van der Waals surface area contributed by atoms with Crippen LogP contribution in [-0.2, 0) is 16.2 Å². The predicted octanol–water partition coefficient (Wildman–Crippen LogP) is 21.2. The Balaban J connectivity index is 1.09. The van der Waals surface area contributed by atoms with Crippen LogP contribution in [0.2, 0.25) is 0 Å². The first-order valence-corrected chi connectivity index (χ1v) is 35.8. The highest BCUT2D eigenvalue weighted by molar-refractivity contribution is 8.01. The smallest absolute Gasteiger partial charge is 0.252 e. The Morgan fingerprint density at radius 2 is 0.649 bits per heavy atom. The van der Waals surface area contributed by atoms with Crippen molar-refractivity contribution in [3.05, 3.63) is 308 Å². The molecule has 0 aromatic heterocycles. The summed E-state index contributed by atoms with van der Waals surface area (Å²) in [5.74, 6) is 0. The summed E-state index contributed by atoms with van der Waals surface area (Å²) in [6.45, 7) is 21.2.